The minimum Gasteiger partial charge on any atom is -0.346 e. The molecule has 1 spiro atoms. The monoisotopic (exact) mass is 309 g/mol. The lowest BCUT2D eigenvalue weighted by Gasteiger charge is -2.48. The Balaban J connectivity index is 1.83. The van der Waals surface area contributed by atoms with Crippen molar-refractivity contribution >= 4 is 12.0 Å². The van der Waals surface area contributed by atoms with Crippen molar-refractivity contribution in [3.05, 3.63) is 41.1 Å². The van der Waals surface area contributed by atoms with E-state index in [1.807, 2.05) is 0 Å². The number of quaternary nitrogens is 1. The summed E-state index contributed by atoms with van der Waals surface area (Å²) in [6, 6.07) is 9.52. The molecule has 1 unspecified atom stereocenters. The Morgan fingerprint density at radius 1 is 1.39 bits per heavy atom. The fourth-order valence-electron chi connectivity index (χ4n) is 6.47. The van der Waals surface area contributed by atoms with Gasteiger partial charge in [-0.1, -0.05) is 25.1 Å². The van der Waals surface area contributed by atoms with Gasteiger partial charge in [-0.2, -0.15) is 0 Å². The number of carbonyl (C=O) groups is 1. The fourth-order valence-corrected chi connectivity index (χ4v) is 6.47. The third-order valence-electron chi connectivity index (χ3n) is 7.34. The second kappa shape index (κ2) is 4.47. The lowest BCUT2D eigenvalue weighted by molar-refractivity contribution is -0.925. The van der Waals surface area contributed by atoms with E-state index in [0.717, 1.165) is 5.57 Å². The van der Waals surface area contributed by atoms with Crippen LogP contribution in [0.2, 0.25) is 0 Å². The first-order chi connectivity index (χ1) is 11.2. The predicted molar refractivity (Wildman–Crippen MR) is 90.6 cm³/mol. The van der Waals surface area contributed by atoms with Crippen LogP contribution in [0.15, 0.2) is 35.5 Å². The molecule has 1 aromatic carbocycles. The van der Waals surface area contributed by atoms with Gasteiger partial charge >= 0.3 is 0 Å². The van der Waals surface area contributed by atoms with Gasteiger partial charge in [-0.05, 0) is 18.1 Å². The number of fused-ring (bicyclic) bond motifs is 2. The van der Waals surface area contributed by atoms with E-state index in [1.54, 1.807) is 4.90 Å². The molecule has 0 amide bonds. The van der Waals surface area contributed by atoms with Gasteiger partial charge < -0.3 is 9.80 Å². The fraction of sp³-hybridized carbons (Fsp3) is 0.550. The molecular formula is C20H25N2O+. The number of para-hydroxylation sites is 1. The molecule has 3 heteroatoms. The molecule has 1 aliphatic carbocycles. The normalized spacial score (nSPS) is 40.2. The molecule has 2 saturated heterocycles. The summed E-state index contributed by atoms with van der Waals surface area (Å²) >= 11 is 0. The highest BCUT2D eigenvalue weighted by molar-refractivity contribution is 5.84. The van der Waals surface area contributed by atoms with Gasteiger partial charge in [0.25, 0.3) is 0 Å². The smallest absolute Gasteiger partial charge is 0.148 e. The SMILES string of the molecule is CC[C@H]1C[NH+]2CC[C@@]34C(=C(C=O)[C@@H]1C[C@@H]23)N(C)c1ccccc14. The van der Waals surface area contributed by atoms with Gasteiger partial charge in [0.1, 0.15) is 12.3 Å². The summed E-state index contributed by atoms with van der Waals surface area (Å²) in [6.45, 7) is 4.80. The summed E-state index contributed by atoms with van der Waals surface area (Å²) in [5.74, 6) is 1.14. The number of hydrogen-bond donors (Lipinski definition) is 1. The number of allylic oxidation sites excluding steroid dienone is 1. The van der Waals surface area contributed by atoms with E-state index in [1.165, 1.54) is 55.6 Å². The van der Waals surface area contributed by atoms with Crippen molar-refractivity contribution in [2.24, 2.45) is 11.8 Å². The summed E-state index contributed by atoms with van der Waals surface area (Å²) < 4.78 is 0. The molecule has 2 bridgehead atoms. The van der Waals surface area contributed by atoms with Crippen molar-refractivity contribution in [1.29, 1.82) is 0 Å². The lowest BCUT2D eigenvalue weighted by Crippen LogP contribution is -3.16. The van der Waals surface area contributed by atoms with Crippen LogP contribution in [-0.4, -0.2) is 32.5 Å². The third kappa shape index (κ3) is 1.43. The van der Waals surface area contributed by atoms with Gasteiger partial charge in [-0.25, -0.2) is 0 Å². The molecule has 120 valence electrons. The third-order valence-corrected chi connectivity index (χ3v) is 7.34. The first-order valence-corrected chi connectivity index (χ1v) is 9.10. The van der Waals surface area contributed by atoms with Gasteiger partial charge in [0.2, 0.25) is 0 Å². The Morgan fingerprint density at radius 3 is 3.00 bits per heavy atom. The second-order valence-corrected chi connectivity index (χ2v) is 7.89. The minimum absolute atomic E-state index is 0.103. The average molecular weight is 309 g/mol. The number of anilines is 1. The van der Waals surface area contributed by atoms with Crippen LogP contribution in [0.1, 0.15) is 31.7 Å². The minimum atomic E-state index is 0.103. The molecule has 3 heterocycles. The molecule has 3 nitrogen and oxygen atoms in total. The van der Waals surface area contributed by atoms with Crippen molar-refractivity contribution in [2.45, 2.75) is 37.6 Å². The van der Waals surface area contributed by atoms with E-state index < -0.39 is 0 Å². The van der Waals surface area contributed by atoms with Crippen LogP contribution < -0.4 is 9.80 Å². The molecule has 2 fully saturated rings. The molecule has 5 rings (SSSR count). The van der Waals surface area contributed by atoms with E-state index in [-0.39, 0.29) is 5.41 Å². The molecule has 23 heavy (non-hydrogen) atoms. The van der Waals surface area contributed by atoms with Crippen LogP contribution in [0.5, 0.6) is 0 Å². The maximum absolute atomic E-state index is 12.1. The summed E-state index contributed by atoms with van der Waals surface area (Å²) in [5, 5.41) is 0. The van der Waals surface area contributed by atoms with Gasteiger partial charge in [0.05, 0.1) is 18.5 Å². The number of nitrogens with one attached hydrogen (secondary N) is 1. The van der Waals surface area contributed by atoms with E-state index >= 15 is 0 Å². The topological polar surface area (TPSA) is 24.8 Å². The van der Waals surface area contributed by atoms with Gasteiger partial charge in [-0.3, -0.25) is 4.79 Å². The zero-order chi connectivity index (χ0) is 15.8. The predicted octanol–water partition coefficient (Wildman–Crippen LogP) is 1.54. The quantitative estimate of drug-likeness (QED) is 0.838. The Labute approximate surface area is 138 Å². The highest BCUT2D eigenvalue weighted by Gasteiger charge is 2.65. The first-order valence-electron chi connectivity index (χ1n) is 9.10. The molecule has 5 atom stereocenters. The zero-order valence-corrected chi connectivity index (χ0v) is 14.0. The molecule has 1 aromatic rings. The number of nitrogens with zero attached hydrogens (tertiary/aromatic N) is 1. The summed E-state index contributed by atoms with van der Waals surface area (Å²) in [7, 11) is 2.17. The van der Waals surface area contributed by atoms with E-state index in [9.17, 15) is 4.79 Å². The Hall–Kier alpha value is -1.61. The van der Waals surface area contributed by atoms with Gasteiger partial charge in [0.15, 0.2) is 0 Å². The number of hydrogen-bond acceptors (Lipinski definition) is 2. The Kier molecular flexibility index (Phi) is 2.68. The number of carbonyl (C=O) groups excluding carboxylic acids is 1. The van der Waals surface area contributed by atoms with Crippen LogP contribution >= 0.6 is 0 Å². The highest BCUT2D eigenvalue weighted by Crippen LogP contribution is 2.58. The van der Waals surface area contributed by atoms with Crippen molar-refractivity contribution < 1.29 is 9.69 Å². The van der Waals surface area contributed by atoms with E-state index in [0.29, 0.717) is 17.9 Å². The largest absolute Gasteiger partial charge is 0.346 e. The number of aldehydes is 1. The Bertz CT molecular complexity index is 724. The number of piperidine rings is 1. The van der Waals surface area contributed by atoms with Gasteiger partial charge in [-0.15, -0.1) is 0 Å². The van der Waals surface area contributed by atoms with Crippen LogP contribution in [-0.2, 0) is 10.2 Å². The number of rotatable bonds is 2. The maximum Gasteiger partial charge on any atom is 0.148 e. The number of likely N-dealkylation sites (N-methyl/N-ethyl adjacent to an activating group) is 1. The molecule has 0 radical (unpaired) electrons. The van der Waals surface area contributed by atoms with Crippen molar-refractivity contribution in [3.8, 4) is 0 Å². The molecule has 0 saturated carbocycles. The summed E-state index contributed by atoms with van der Waals surface area (Å²) in [5.41, 5.74) is 5.37. The van der Waals surface area contributed by atoms with E-state index in [4.69, 9.17) is 0 Å². The lowest BCUT2D eigenvalue weighted by atomic mass is 9.60. The molecular weight excluding hydrogens is 284 g/mol. The van der Waals surface area contributed by atoms with Crippen molar-refractivity contribution in [3.63, 3.8) is 0 Å². The maximum atomic E-state index is 12.1. The molecule has 1 N–H and O–H groups in total. The molecule has 0 aromatic heterocycles. The second-order valence-electron chi connectivity index (χ2n) is 7.89. The Morgan fingerprint density at radius 2 is 2.22 bits per heavy atom. The van der Waals surface area contributed by atoms with Crippen LogP contribution in [0.25, 0.3) is 0 Å². The number of benzene rings is 1. The van der Waals surface area contributed by atoms with Crippen molar-refractivity contribution in [2.75, 3.05) is 25.0 Å². The highest BCUT2D eigenvalue weighted by atomic mass is 16.1. The standard InChI is InChI=1S/C20H24N2O/c1-3-13-11-22-9-8-20-16-6-4-5-7-17(16)21(2)19(20)15(12-23)14(13)10-18(20)22/h4-7,12-14,18H,3,8-11H2,1-2H3/p+1/t13-,14+,18+,20-/m0/s1. The van der Waals surface area contributed by atoms with Crippen LogP contribution in [0, 0.1) is 11.8 Å². The van der Waals surface area contributed by atoms with Crippen LogP contribution in [0.3, 0.4) is 0 Å². The first kappa shape index (κ1) is 13.8. The zero-order valence-electron chi connectivity index (χ0n) is 14.0. The van der Waals surface area contributed by atoms with E-state index in [2.05, 4.69) is 43.1 Å². The van der Waals surface area contributed by atoms with Crippen LogP contribution in [0.4, 0.5) is 5.69 Å². The molecule has 3 aliphatic heterocycles. The van der Waals surface area contributed by atoms with Gasteiger partial charge in [0, 0.05) is 48.7 Å². The van der Waals surface area contributed by atoms with Crippen molar-refractivity contribution in [1.82, 2.24) is 0 Å². The molecule has 4 aliphatic rings. The average Bonchev–Trinajstić information content (AvgIpc) is 3.10. The summed E-state index contributed by atoms with van der Waals surface area (Å²) in [6.07, 6.45) is 4.79. The summed E-state index contributed by atoms with van der Waals surface area (Å²) in [4.78, 5) is 16.3.